The summed E-state index contributed by atoms with van der Waals surface area (Å²) in [5.41, 5.74) is 2.08. The average Bonchev–Trinajstić information content (AvgIpc) is 3.33. The van der Waals surface area contributed by atoms with Crippen molar-refractivity contribution in [3.05, 3.63) is 41.7 Å². The third kappa shape index (κ3) is 5.84. The van der Waals surface area contributed by atoms with Gasteiger partial charge < -0.3 is 23.8 Å². The van der Waals surface area contributed by atoms with E-state index in [0.29, 0.717) is 19.8 Å². The highest BCUT2D eigenvalue weighted by atomic mass is 16.5. The number of rotatable bonds is 9. The van der Waals surface area contributed by atoms with Crippen molar-refractivity contribution in [1.29, 1.82) is 0 Å². The lowest BCUT2D eigenvalue weighted by Gasteiger charge is -2.28. The minimum atomic E-state index is 0.247. The van der Waals surface area contributed by atoms with Crippen LogP contribution in [0, 0.1) is 0 Å². The number of hydrogen-bond acceptors (Lipinski definition) is 8. The van der Waals surface area contributed by atoms with Crippen LogP contribution in [0.4, 0.5) is 5.95 Å². The summed E-state index contributed by atoms with van der Waals surface area (Å²) in [6.07, 6.45) is 4.31. The fourth-order valence-electron chi connectivity index (χ4n) is 4.13. The number of benzene rings is 1. The van der Waals surface area contributed by atoms with Crippen molar-refractivity contribution in [2.75, 3.05) is 58.6 Å². The molecule has 1 unspecified atom stereocenters. The van der Waals surface area contributed by atoms with Gasteiger partial charge >= 0.3 is 0 Å². The van der Waals surface area contributed by atoms with E-state index in [4.69, 9.17) is 23.9 Å². The SMILES string of the molecule is COc1ccc(OC)c(CN(Cc2ccnc(N3CCOCC3)n2)CC2CCCO2)c1. The lowest BCUT2D eigenvalue weighted by molar-refractivity contribution is 0.0671. The quantitative estimate of drug-likeness (QED) is 0.604. The zero-order valence-electron chi connectivity index (χ0n) is 18.5. The molecule has 1 aromatic heterocycles. The predicted molar refractivity (Wildman–Crippen MR) is 118 cm³/mol. The van der Waals surface area contributed by atoms with Crippen molar-refractivity contribution in [2.24, 2.45) is 0 Å². The third-order valence-electron chi connectivity index (χ3n) is 5.75. The number of aromatic nitrogens is 2. The summed E-state index contributed by atoms with van der Waals surface area (Å²) in [6.45, 7) is 6.20. The average molecular weight is 429 g/mol. The van der Waals surface area contributed by atoms with Gasteiger partial charge in [0.1, 0.15) is 11.5 Å². The Morgan fingerprint density at radius 1 is 1.10 bits per heavy atom. The van der Waals surface area contributed by atoms with Gasteiger partial charge in [0.25, 0.3) is 0 Å². The number of ether oxygens (including phenoxy) is 4. The van der Waals surface area contributed by atoms with E-state index in [1.165, 1.54) is 0 Å². The zero-order valence-corrected chi connectivity index (χ0v) is 18.5. The Bertz CT molecular complexity index is 838. The second-order valence-electron chi connectivity index (χ2n) is 7.93. The largest absolute Gasteiger partial charge is 0.497 e. The second-order valence-corrected chi connectivity index (χ2v) is 7.93. The van der Waals surface area contributed by atoms with Crippen LogP contribution in [0.2, 0.25) is 0 Å². The van der Waals surface area contributed by atoms with Crippen molar-refractivity contribution in [2.45, 2.75) is 32.0 Å². The van der Waals surface area contributed by atoms with Gasteiger partial charge in [-0.05, 0) is 37.1 Å². The molecule has 8 nitrogen and oxygen atoms in total. The lowest BCUT2D eigenvalue weighted by atomic mass is 10.1. The molecule has 3 heterocycles. The van der Waals surface area contributed by atoms with Gasteiger partial charge in [0.05, 0.1) is 39.2 Å². The molecule has 2 aliphatic rings. The Balaban J connectivity index is 1.53. The molecule has 8 heteroatoms. The van der Waals surface area contributed by atoms with E-state index in [2.05, 4.69) is 14.8 Å². The Morgan fingerprint density at radius 2 is 1.97 bits per heavy atom. The van der Waals surface area contributed by atoms with Crippen molar-refractivity contribution < 1.29 is 18.9 Å². The van der Waals surface area contributed by atoms with E-state index in [1.807, 2.05) is 30.5 Å². The monoisotopic (exact) mass is 428 g/mol. The maximum absolute atomic E-state index is 5.93. The molecule has 0 bridgehead atoms. The van der Waals surface area contributed by atoms with Crippen LogP contribution in [-0.4, -0.2) is 74.6 Å². The van der Waals surface area contributed by atoms with Crippen molar-refractivity contribution in [3.63, 3.8) is 0 Å². The van der Waals surface area contributed by atoms with E-state index < -0.39 is 0 Å². The number of nitrogens with zero attached hydrogens (tertiary/aromatic N) is 4. The van der Waals surface area contributed by atoms with Crippen molar-refractivity contribution >= 4 is 5.95 Å². The summed E-state index contributed by atoms with van der Waals surface area (Å²) < 4.78 is 22.4. The highest BCUT2D eigenvalue weighted by molar-refractivity contribution is 5.40. The first-order valence-electron chi connectivity index (χ1n) is 10.9. The number of anilines is 1. The van der Waals surface area contributed by atoms with E-state index in [1.54, 1.807) is 14.2 Å². The van der Waals surface area contributed by atoms with Crippen LogP contribution < -0.4 is 14.4 Å². The predicted octanol–water partition coefficient (Wildman–Crippen LogP) is 2.51. The molecule has 2 aliphatic heterocycles. The Labute approximate surface area is 184 Å². The molecular weight excluding hydrogens is 396 g/mol. The minimum absolute atomic E-state index is 0.247. The highest BCUT2D eigenvalue weighted by Gasteiger charge is 2.22. The van der Waals surface area contributed by atoms with Gasteiger partial charge in [0.15, 0.2) is 0 Å². The maximum atomic E-state index is 5.93. The molecule has 168 valence electrons. The van der Waals surface area contributed by atoms with Crippen molar-refractivity contribution in [3.8, 4) is 11.5 Å². The van der Waals surface area contributed by atoms with Gasteiger partial charge in [-0.1, -0.05) is 0 Å². The molecule has 1 aromatic carbocycles. The topological polar surface area (TPSA) is 69.2 Å². The smallest absolute Gasteiger partial charge is 0.225 e. The fraction of sp³-hybridized carbons (Fsp3) is 0.565. The molecular formula is C23H32N4O4. The van der Waals surface area contributed by atoms with E-state index in [9.17, 15) is 0 Å². The second kappa shape index (κ2) is 10.7. The van der Waals surface area contributed by atoms with Crippen LogP contribution in [0.15, 0.2) is 30.5 Å². The van der Waals surface area contributed by atoms with Crippen LogP contribution in [-0.2, 0) is 22.6 Å². The first kappa shape index (κ1) is 21.8. The first-order chi connectivity index (χ1) is 15.2. The molecule has 2 fully saturated rings. The molecule has 0 N–H and O–H groups in total. The first-order valence-corrected chi connectivity index (χ1v) is 10.9. The van der Waals surface area contributed by atoms with Gasteiger partial charge in [-0.2, -0.15) is 0 Å². The maximum Gasteiger partial charge on any atom is 0.225 e. The molecule has 2 aromatic rings. The molecule has 2 saturated heterocycles. The molecule has 4 rings (SSSR count). The Kier molecular flexibility index (Phi) is 7.56. The molecule has 0 amide bonds. The summed E-state index contributed by atoms with van der Waals surface area (Å²) in [5.74, 6) is 2.45. The molecule has 0 aliphatic carbocycles. The summed E-state index contributed by atoms with van der Waals surface area (Å²) in [7, 11) is 3.39. The highest BCUT2D eigenvalue weighted by Crippen LogP contribution is 2.27. The van der Waals surface area contributed by atoms with Crippen LogP contribution >= 0.6 is 0 Å². The van der Waals surface area contributed by atoms with E-state index >= 15 is 0 Å². The van der Waals surface area contributed by atoms with Crippen LogP contribution in [0.3, 0.4) is 0 Å². The number of methoxy groups -OCH3 is 2. The normalized spacial score (nSPS) is 19.1. The number of morpholine rings is 1. The minimum Gasteiger partial charge on any atom is -0.497 e. The molecule has 0 spiro atoms. The van der Waals surface area contributed by atoms with Gasteiger partial charge in [0, 0.05) is 51.1 Å². The number of hydrogen-bond donors (Lipinski definition) is 0. The van der Waals surface area contributed by atoms with Crippen molar-refractivity contribution in [1.82, 2.24) is 14.9 Å². The summed E-state index contributed by atoms with van der Waals surface area (Å²) >= 11 is 0. The van der Waals surface area contributed by atoms with Crippen LogP contribution in [0.1, 0.15) is 24.1 Å². The fourth-order valence-corrected chi connectivity index (χ4v) is 4.13. The van der Waals surface area contributed by atoms with Crippen LogP contribution in [0.25, 0.3) is 0 Å². The zero-order chi connectivity index (χ0) is 21.5. The Hall–Kier alpha value is -2.42. The summed E-state index contributed by atoms with van der Waals surface area (Å²) in [6, 6.07) is 7.92. The molecule has 0 saturated carbocycles. The summed E-state index contributed by atoms with van der Waals surface area (Å²) in [4.78, 5) is 13.9. The standard InChI is InChI=1S/C23H32N4O4/c1-28-20-5-6-22(29-2)18(14-20)15-26(17-21-4-3-11-31-21)16-19-7-8-24-23(25-19)27-9-12-30-13-10-27/h5-8,14,21H,3-4,9-13,15-17H2,1-2H3. The van der Waals surface area contributed by atoms with Gasteiger partial charge in [-0.25, -0.2) is 9.97 Å². The molecule has 0 radical (unpaired) electrons. The van der Waals surface area contributed by atoms with E-state index in [0.717, 1.165) is 74.3 Å². The van der Waals surface area contributed by atoms with E-state index in [-0.39, 0.29) is 6.10 Å². The van der Waals surface area contributed by atoms with Gasteiger partial charge in [-0.15, -0.1) is 0 Å². The molecule has 1 atom stereocenters. The lowest BCUT2D eigenvalue weighted by Crippen LogP contribution is -2.37. The van der Waals surface area contributed by atoms with Gasteiger partial charge in [-0.3, -0.25) is 4.90 Å². The van der Waals surface area contributed by atoms with Gasteiger partial charge in [0.2, 0.25) is 5.95 Å². The third-order valence-corrected chi connectivity index (χ3v) is 5.75. The Morgan fingerprint density at radius 3 is 2.71 bits per heavy atom. The summed E-state index contributed by atoms with van der Waals surface area (Å²) in [5, 5.41) is 0. The molecule has 31 heavy (non-hydrogen) atoms. The van der Waals surface area contributed by atoms with Crippen LogP contribution in [0.5, 0.6) is 11.5 Å².